The number of hydrogen-bond acceptors (Lipinski definition) is 22. The number of nitrogens with zero attached hydrogens (tertiary/aromatic N) is 2. The van der Waals surface area contributed by atoms with Crippen molar-refractivity contribution in [1.29, 1.82) is 0 Å². The van der Waals surface area contributed by atoms with Crippen LogP contribution in [-0.2, 0) is 109 Å². The van der Waals surface area contributed by atoms with Gasteiger partial charge in [-0.15, -0.1) is 0 Å². The number of aromatic amines is 3. The number of aliphatic hydroxyl groups excluding tert-OH is 1. The van der Waals surface area contributed by atoms with Crippen molar-refractivity contribution in [3.05, 3.63) is 156 Å². The van der Waals surface area contributed by atoms with E-state index in [9.17, 15) is 87.5 Å². The Kier molecular flexibility index (Phi) is 36.6. The first-order valence-corrected chi connectivity index (χ1v) is 41.5. The van der Waals surface area contributed by atoms with Crippen molar-refractivity contribution >= 4 is 142 Å². The predicted molar refractivity (Wildman–Crippen MR) is 458 cm³/mol. The van der Waals surface area contributed by atoms with E-state index in [1.807, 2.05) is 0 Å². The molecule has 22 N–H and O–H groups in total. The molecule has 4 heterocycles. The van der Waals surface area contributed by atoms with Crippen LogP contribution >= 0.6 is 25.3 Å². The molecule has 14 atom stereocenters. The first-order chi connectivity index (χ1) is 59.1. The van der Waals surface area contributed by atoms with Crippen LogP contribution in [0.15, 0.2) is 128 Å². The Morgan fingerprint density at radius 3 is 1.49 bits per heavy atom. The van der Waals surface area contributed by atoms with Gasteiger partial charge in [-0.1, -0.05) is 92.7 Å². The molecule has 8 rings (SSSR count). The van der Waals surface area contributed by atoms with E-state index in [1.165, 1.54) is 55.5 Å². The number of carboxylic acids is 2. The molecule has 1 aliphatic rings. The molecule has 1 saturated heterocycles. The lowest BCUT2D eigenvalue weighted by molar-refractivity contribution is -0.144. The lowest BCUT2D eigenvalue weighted by Crippen LogP contribution is -2.62. The quantitative estimate of drug-likeness (QED) is 0.0147. The minimum atomic E-state index is -1.88. The summed E-state index contributed by atoms with van der Waals surface area (Å²) in [5.41, 5.74) is 8.92. The number of unbranched alkanes of at least 4 members (excludes halogenated alkanes) is 1. The Hall–Kier alpha value is -12.9. The highest BCUT2D eigenvalue weighted by atomic mass is 32.1. The summed E-state index contributed by atoms with van der Waals surface area (Å²) in [7, 11) is 0. The van der Waals surface area contributed by atoms with Crippen molar-refractivity contribution < 1.29 is 97.1 Å². The fourth-order valence-corrected chi connectivity index (χ4v) is 14.4. The molecule has 0 bridgehead atoms. The molecule has 0 saturated carbocycles. The molecule has 39 nitrogen and oxygen atoms in total. The van der Waals surface area contributed by atoms with Crippen molar-refractivity contribution in [3.63, 3.8) is 0 Å². The molecule has 41 heteroatoms. The van der Waals surface area contributed by atoms with E-state index in [2.05, 4.69) is 114 Å². The summed E-state index contributed by atoms with van der Waals surface area (Å²) < 4.78 is 0. The van der Waals surface area contributed by atoms with Gasteiger partial charge in [0.2, 0.25) is 82.7 Å². The van der Waals surface area contributed by atoms with Gasteiger partial charge in [0.05, 0.1) is 25.4 Å². The van der Waals surface area contributed by atoms with Crippen molar-refractivity contribution in [2.75, 3.05) is 31.1 Å². The van der Waals surface area contributed by atoms with Crippen LogP contribution < -0.4 is 74.9 Å². The Balaban J connectivity index is 1.01. The number of phenolic OH excluding ortho intramolecular Hbond substituents is 1. The number of H-pyrrole nitrogens is 3. The Morgan fingerprint density at radius 1 is 0.500 bits per heavy atom. The molecule has 0 spiro atoms. The maximum Gasteiger partial charge on any atom is 0.326 e. The molecule has 1 aliphatic heterocycles. The fraction of sp³-hybridized carbons (Fsp3) is 0.434. The number of para-hydroxylation sites is 2. The number of hydrogen-bond donors (Lipinski definition) is 23. The van der Waals surface area contributed by atoms with E-state index in [-0.39, 0.29) is 68.7 Å². The smallest absolute Gasteiger partial charge is 0.326 e. The van der Waals surface area contributed by atoms with Gasteiger partial charge in [-0.3, -0.25) is 71.9 Å². The Bertz CT molecular complexity index is 4920. The first-order valence-electron chi connectivity index (χ1n) is 40.3. The van der Waals surface area contributed by atoms with Crippen LogP contribution in [0.5, 0.6) is 5.75 Å². The number of carboxylic acid groups (broad SMARTS) is 2. The molecule has 666 valence electrons. The van der Waals surface area contributed by atoms with Crippen LogP contribution in [0.25, 0.3) is 21.8 Å². The number of imidazole rings is 1. The molecule has 4 aromatic carbocycles. The zero-order chi connectivity index (χ0) is 90.4. The van der Waals surface area contributed by atoms with Crippen LogP contribution in [0.4, 0.5) is 0 Å². The molecular weight excluding hydrogens is 1650 g/mol. The number of amides is 14. The minimum Gasteiger partial charge on any atom is -0.508 e. The second-order valence-electron chi connectivity index (χ2n) is 30.4. The maximum absolute atomic E-state index is 15.4. The molecule has 3 aromatic heterocycles. The summed E-state index contributed by atoms with van der Waals surface area (Å²) in [6.07, 6.45) is 3.18. The summed E-state index contributed by atoms with van der Waals surface area (Å²) >= 11 is 8.50. The summed E-state index contributed by atoms with van der Waals surface area (Å²) in [6, 6.07) is 7.94. The Labute approximate surface area is 723 Å². The number of aliphatic carboxylic acids is 2. The average Bonchev–Trinajstić information content (AvgIpc) is 1.66. The number of carbonyl (C=O) groups is 16. The van der Waals surface area contributed by atoms with Crippen molar-refractivity contribution in [2.24, 2.45) is 11.7 Å². The summed E-state index contributed by atoms with van der Waals surface area (Å²) in [5.74, 6) is -17.5. The van der Waals surface area contributed by atoms with Crippen LogP contribution in [0.3, 0.4) is 0 Å². The third-order valence-corrected chi connectivity index (χ3v) is 21.3. The van der Waals surface area contributed by atoms with Gasteiger partial charge >= 0.3 is 11.9 Å². The van der Waals surface area contributed by atoms with Gasteiger partial charge in [0.25, 0.3) is 0 Å². The van der Waals surface area contributed by atoms with E-state index in [1.54, 1.807) is 105 Å². The second-order valence-corrected chi connectivity index (χ2v) is 31.2. The number of rotatable bonds is 47. The third kappa shape index (κ3) is 28.3. The highest BCUT2D eigenvalue weighted by Crippen LogP contribution is 2.24. The lowest BCUT2D eigenvalue weighted by atomic mass is 9.99. The number of carbonyl (C=O) groups excluding carboxylic acids is 14. The molecule has 14 amide bonds. The van der Waals surface area contributed by atoms with Gasteiger partial charge in [-0.2, -0.15) is 25.3 Å². The van der Waals surface area contributed by atoms with Crippen molar-refractivity contribution in [1.82, 2.24) is 94.0 Å². The van der Waals surface area contributed by atoms with Gasteiger partial charge in [0.1, 0.15) is 84.3 Å². The summed E-state index contributed by atoms with van der Waals surface area (Å²) in [5, 5.41) is 75.7. The van der Waals surface area contributed by atoms with Gasteiger partial charge in [-0.05, 0) is 105 Å². The topological polar surface area (TPSA) is 600 Å². The van der Waals surface area contributed by atoms with E-state index >= 15 is 9.59 Å². The number of thiol groups is 2. The normalized spacial score (nSPS) is 15.6. The van der Waals surface area contributed by atoms with Gasteiger partial charge < -0.3 is 115 Å². The standard InChI is InChI=1S/C83H107N19O20S2/c1-43(2)69(100-76(114)61(33-50-37-87-56-21-12-10-19-54(50)56)96-75(113)63(35-68(107)108)93-71(109)44(3)90-78(116)64(40-123)91-46(5)104)81(119)99-65(41-124)79(117)94-59(31-48-24-26-52(105)27-25-48)73(111)95-60(32-49-36-86-55-20-11-9-18-53(49)55)74(112)97-62(34-51-38-85-42-89-51)77(115)101-70(45(4)103)82(120)98-58(30-47-16-7-6-8-17-47)72(110)88-39-67(106)102-29-15-23-66(102)80(118)92-57(83(121)122)22-13-14-28-84/h6-12,16-21,24-27,36-38,42-45,57-66,69-70,86-87,103,105,123-124H,13-15,22-23,28-35,39-41,84H2,1-5H3,(H,85,89)(H,88,110)(H,90,116)(H,91,104)(H,92,118)(H,93,109)(H,94,117)(H,95,111)(H,96,113)(H,97,112)(H,98,120)(H,99,119)(H,100,114)(H,101,115)(H,107,108)(H,121,122)/t44-,45+,57+,58-,59-,60-,61-,62-,63-,64-,65-,66-,69-,70-/m0/s1. The largest absolute Gasteiger partial charge is 0.508 e. The number of nitrogens with one attached hydrogen (secondary N) is 16. The van der Waals surface area contributed by atoms with Crippen LogP contribution in [0, 0.1) is 5.92 Å². The summed E-state index contributed by atoms with van der Waals surface area (Å²) in [6.45, 7) is 6.44. The molecule has 0 unspecified atom stereocenters. The van der Waals surface area contributed by atoms with E-state index < -0.39 is 204 Å². The van der Waals surface area contributed by atoms with Crippen LogP contribution in [-0.4, -0.2) is 256 Å². The zero-order valence-electron chi connectivity index (χ0n) is 68.8. The predicted octanol–water partition coefficient (Wildman–Crippen LogP) is -1.86. The van der Waals surface area contributed by atoms with Gasteiger partial charge in [0.15, 0.2) is 0 Å². The van der Waals surface area contributed by atoms with Crippen molar-refractivity contribution in [3.8, 4) is 5.75 Å². The monoisotopic (exact) mass is 1750 g/mol. The van der Waals surface area contributed by atoms with Gasteiger partial charge in [0, 0.05) is 103 Å². The number of phenols is 1. The summed E-state index contributed by atoms with van der Waals surface area (Å²) in [4.78, 5) is 238. The Morgan fingerprint density at radius 2 is 0.968 bits per heavy atom. The number of aromatic nitrogens is 4. The average molecular weight is 1760 g/mol. The molecular formula is C83H107N19O20S2. The number of aromatic hydroxyl groups is 1. The minimum absolute atomic E-state index is 0.102. The lowest BCUT2D eigenvalue weighted by Gasteiger charge is -2.29. The molecule has 0 aliphatic carbocycles. The highest BCUT2D eigenvalue weighted by molar-refractivity contribution is 7.80. The van der Waals surface area contributed by atoms with E-state index in [0.29, 0.717) is 69.9 Å². The van der Waals surface area contributed by atoms with Crippen molar-refractivity contribution in [2.45, 2.75) is 190 Å². The SMILES string of the molecule is CC(=O)N[C@@H](CS)C(=O)N[C@@H](C)C(=O)N[C@@H](CC(=O)O)C(=O)N[C@@H](Cc1c[nH]c2ccccc12)C(=O)N[C@H](C(=O)N[C@@H](CS)C(=O)N[C@@H](Cc1ccc(O)cc1)C(=O)N[C@@H](Cc1c[nH]c2ccccc12)C(=O)N[C@@H](Cc1cnc[nH]1)C(=O)N[C@H](C(=O)N[C@@H](Cc1ccccc1)C(=O)NCC(=O)N1CCC[C@H]1C(=O)N[C@H](CCCCN)C(=O)O)[C@@H](C)O)C(C)C. The highest BCUT2D eigenvalue weighted by Gasteiger charge is 2.41. The second kappa shape index (κ2) is 46.9. The van der Waals surface area contributed by atoms with Gasteiger partial charge in [-0.25, -0.2) is 9.78 Å². The first kappa shape index (κ1) is 96.6. The number of nitrogens with two attached hydrogens (primary N) is 1. The van der Waals surface area contributed by atoms with E-state index in [0.717, 1.165) is 6.92 Å². The number of aliphatic hydroxyl groups is 1. The zero-order valence-corrected chi connectivity index (χ0v) is 70.6. The third-order valence-electron chi connectivity index (χ3n) is 20.6. The van der Waals surface area contributed by atoms with Crippen LogP contribution in [0.1, 0.15) is 101 Å². The fourth-order valence-electron chi connectivity index (χ4n) is 13.9. The molecule has 124 heavy (non-hydrogen) atoms. The molecule has 0 radical (unpaired) electrons. The molecule has 7 aromatic rings. The van der Waals surface area contributed by atoms with E-state index in [4.69, 9.17) is 5.73 Å². The number of likely N-dealkylation sites (tertiary alicyclic amines) is 1. The molecule has 1 fully saturated rings. The number of fused-ring (bicyclic) bond motifs is 2. The van der Waals surface area contributed by atoms with Crippen LogP contribution in [0.2, 0.25) is 0 Å². The number of benzene rings is 4. The maximum atomic E-state index is 15.4.